The van der Waals surface area contributed by atoms with Crippen LogP contribution in [0.2, 0.25) is 0 Å². The fourth-order valence-corrected chi connectivity index (χ4v) is 3.27. The summed E-state index contributed by atoms with van der Waals surface area (Å²) in [4.78, 5) is 40.9. The van der Waals surface area contributed by atoms with Crippen LogP contribution in [0.3, 0.4) is 0 Å². The van der Waals surface area contributed by atoms with E-state index in [-0.39, 0.29) is 11.1 Å². The lowest BCUT2D eigenvalue weighted by Crippen LogP contribution is -2.33. The largest absolute Gasteiger partial charge is 0.497 e. The molecule has 2 N–H and O–H groups in total. The van der Waals surface area contributed by atoms with E-state index < -0.39 is 17.2 Å². The van der Waals surface area contributed by atoms with Crippen molar-refractivity contribution in [3.8, 4) is 17.2 Å². The predicted octanol–water partition coefficient (Wildman–Crippen LogP) is 2.95. The first-order valence-corrected chi connectivity index (χ1v) is 9.39. The SMILES string of the molecule is COc1ccc(NC(=O)c2ccc3c(=O)n(-c4ccccc4)c(=O)[nH]c3c2)c(OC)c1. The van der Waals surface area contributed by atoms with Crippen molar-refractivity contribution >= 4 is 22.5 Å². The van der Waals surface area contributed by atoms with Gasteiger partial charge in [0.1, 0.15) is 11.5 Å². The molecule has 0 atom stereocenters. The van der Waals surface area contributed by atoms with Crippen molar-refractivity contribution in [2.24, 2.45) is 0 Å². The molecule has 1 amide bonds. The maximum atomic E-state index is 12.9. The average Bonchev–Trinajstić information content (AvgIpc) is 2.79. The van der Waals surface area contributed by atoms with Gasteiger partial charge in [-0.25, -0.2) is 9.36 Å². The van der Waals surface area contributed by atoms with Crippen molar-refractivity contribution in [1.29, 1.82) is 0 Å². The summed E-state index contributed by atoms with van der Waals surface area (Å²) in [5.41, 5.74) is 0.423. The van der Waals surface area contributed by atoms with E-state index in [4.69, 9.17) is 9.47 Å². The third kappa shape index (κ3) is 3.78. The molecule has 0 saturated heterocycles. The van der Waals surface area contributed by atoms with Gasteiger partial charge in [-0.05, 0) is 42.5 Å². The van der Waals surface area contributed by atoms with Crippen LogP contribution in [0.1, 0.15) is 10.4 Å². The van der Waals surface area contributed by atoms with Crippen molar-refractivity contribution in [3.05, 3.63) is 93.1 Å². The summed E-state index contributed by atoms with van der Waals surface area (Å²) in [5, 5.41) is 3.06. The zero-order valence-electron chi connectivity index (χ0n) is 16.8. The molecule has 4 rings (SSSR count). The Morgan fingerprint density at radius 3 is 2.42 bits per heavy atom. The van der Waals surface area contributed by atoms with Crippen molar-refractivity contribution in [3.63, 3.8) is 0 Å². The van der Waals surface area contributed by atoms with Crippen LogP contribution in [-0.2, 0) is 0 Å². The monoisotopic (exact) mass is 417 g/mol. The number of nitrogens with one attached hydrogen (secondary N) is 2. The predicted molar refractivity (Wildman–Crippen MR) is 118 cm³/mol. The van der Waals surface area contributed by atoms with Crippen LogP contribution in [0, 0.1) is 0 Å². The van der Waals surface area contributed by atoms with Crippen LogP contribution in [0.4, 0.5) is 5.69 Å². The Kier molecular flexibility index (Phi) is 5.28. The van der Waals surface area contributed by atoms with Crippen molar-refractivity contribution in [2.75, 3.05) is 19.5 Å². The van der Waals surface area contributed by atoms with E-state index in [2.05, 4.69) is 10.3 Å². The molecule has 0 aliphatic carbocycles. The quantitative estimate of drug-likeness (QED) is 0.520. The average molecular weight is 417 g/mol. The Morgan fingerprint density at radius 1 is 0.935 bits per heavy atom. The number of benzene rings is 3. The maximum Gasteiger partial charge on any atom is 0.333 e. The summed E-state index contributed by atoms with van der Waals surface area (Å²) in [6, 6.07) is 18.2. The first-order chi connectivity index (χ1) is 15.0. The molecule has 0 radical (unpaired) electrons. The summed E-state index contributed by atoms with van der Waals surface area (Å²) < 4.78 is 11.5. The molecule has 0 bridgehead atoms. The van der Waals surface area contributed by atoms with Gasteiger partial charge in [0, 0.05) is 11.6 Å². The number of hydrogen-bond acceptors (Lipinski definition) is 5. The van der Waals surface area contributed by atoms with Crippen molar-refractivity contribution < 1.29 is 14.3 Å². The molecule has 0 spiro atoms. The number of aromatic nitrogens is 2. The van der Waals surface area contributed by atoms with E-state index >= 15 is 0 Å². The zero-order chi connectivity index (χ0) is 22.0. The highest BCUT2D eigenvalue weighted by Gasteiger charge is 2.14. The van der Waals surface area contributed by atoms with Gasteiger partial charge in [0.25, 0.3) is 11.5 Å². The molecule has 0 saturated carbocycles. The summed E-state index contributed by atoms with van der Waals surface area (Å²) in [6.07, 6.45) is 0. The number of fused-ring (bicyclic) bond motifs is 1. The van der Waals surface area contributed by atoms with Crippen LogP contribution in [-0.4, -0.2) is 29.7 Å². The minimum absolute atomic E-state index is 0.275. The number of aromatic amines is 1. The van der Waals surface area contributed by atoms with Gasteiger partial charge in [0.2, 0.25) is 0 Å². The molecule has 1 heterocycles. The lowest BCUT2D eigenvalue weighted by Gasteiger charge is -2.12. The van der Waals surface area contributed by atoms with Crippen LogP contribution >= 0.6 is 0 Å². The number of carbonyl (C=O) groups is 1. The first-order valence-electron chi connectivity index (χ1n) is 9.39. The Morgan fingerprint density at radius 2 is 1.71 bits per heavy atom. The van der Waals surface area contributed by atoms with E-state index in [0.717, 1.165) is 4.57 Å². The Balaban J connectivity index is 1.71. The summed E-state index contributed by atoms with van der Waals surface area (Å²) in [5.74, 6) is 0.610. The lowest BCUT2D eigenvalue weighted by molar-refractivity contribution is 0.102. The molecule has 31 heavy (non-hydrogen) atoms. The normalized spacial score (nSPS) is 10.6. The molecule has 0 aliphatic rings. The fourth-order valence-electron chi connectivity index (χ4n) is 3.27. The standard InChI is InChI=1S/C23H19N3O5/c1-30-16-9-11-18(20(13-16)31-2)24-21(27)14-8-10-17-19(12-14)25-23(29)26(22(17)28)15-6-4-3-5-7-15/h3-13H,1-2H3,(H,24,27)(H,25,29). The molecule has 3 aromatic carbocycles. The number of carbonyl (C=O) groups excluding carboxylic acids is 1. The summed E-state index contributed by atoms with van der Waals surface area (Å²) in [7, 11) is 3.03. The summed E-state index contributed by atoms with van der Waals surface area (Å²) in [6.45, 7) is 0. The number of nitrogens with zero attached hydrogens (tertiary/aromatic N) is 1. The molecule has 4 aromatic rings. The highest BCUT2D eigenvalue weighted by atomic mass is 16.5. The second kappa shape index (κ2) is 8.19. The first kappa shape index (κ1) is 20.0. The molecular formula is C23H19N3O5. The number of methoxy groups -OCH3 is 2. The van der Waals surface area contributed by atoms with E-state index in [1.165, 1.54) is 32.4 Å². The Bertz CT molecular complexity index is 1390. The smallest absolute Gasteiger partial charge is 0.333 e. The topological polar surface area (TPSA) is 102 Å². The number of hydrogen-bond donors (Lipinski definition) is 2. The molecule has 8 nitrogen and oxygen atoms in total. The number of para-hydroxylation sites is 1. The van der Waals surface area contributed by atoms with Gasteiger partial charge in [-0.1, -0.05) is 18.2 Å². The number of amides is 1. The van der Waals surface area contributed by atoms with Gasteiger partial charge in [-0.3, -0.25) is 9.59 Å². The number of H-pyrrole nitrogens is 1. The number of ether oxygens (including phenoxy) is 2. The zero-order valence-corrected chi connectivity index (χ0v) is 16.8. The maximum absolute atomic E-state index is 12.9. The number of anilines is 1. The molecule has 156 valence electrons. The number of rotatable bonds is 5. The molecule has 0 fully saturated rings. The minimum Gasteiger partial charge on any atom is -0.497 e. The van der Waals surface area contributed by atoms with E-state index in [0.29, 0.717) is 28.3 Å². The molecule has 0 aliphatic heterocycles. The Labute approximate surface area is 176 Å². The molecular weight excluding hydrogens is 398 g/mol. The molecule has 0 unspecified atom stereocenters. The van der Waals surface area contributed by atoms with E-state index in [1.807, 2.05) is 0 Å². The second-order valence-electron chi connectivity index (χ2n) is 6.69. The van der Waals surface area contributed by atoms with Crippen molar-refractivity contribution in [2.45, 2.75) is 0 Å². The van der Waals surface area contributed by atoms with Crippen LogP contribution in [0.25, 0.3) is 16.6 Å². The Hall–Kier alpha value is -4.33. The third-order valence-corrected chi connectivity index (χ3v) is 4.83. The van der Waals surface area contributed by atoms with Gasteiger partial charge in [0.05, 0.1) is 36.5 Å². The van der Waals surface area contributed by atoms with E-state index in [9.17, 15) is 14.4 Å². The highest BCUT2D eigenvalue weighted by Crippen LogP contribution is 2.29. The lowest BCUT2D eigenvalue weighted by atomic mass is 10.1. The van der Waals surface area contributed by atoms with Crippen LogP contribution in [0.5, 0.6) is 11.5 Å². The van der Waals surface area contributed by atoms with Gasteiger partial charge in [0.15, 0.2) is 0 Å². The highest BCUT2D eigenvalue weighted by molar-refractivity contribution is 6.06. The van der Waals surface area contributed by atoms with Gasteiger partial charge >= 0.3 is 5.69 Å². The second-order valence-corrected chi connectivity index (χ2v) is 6.69. The van der Waals surface area contributed by atoms with E-state index in [1.54, 1.807) is 48.5 Å². The molecule has 1 aromatic heterocycles. The van der Waals surface area contributed by atoms with Gasteiger partial charge in [-0.2, -0.15) is 0 Å². The van der Waals surface area contributed by atoms with Crippen LogP contribution < -0.4 is 26.0 Å². The van der Waals surface area contributed by atoms with Crippen LogP contribution in [0.15, 0.2) is 76.3 Å². The minimum atomic E-state index is -0.585. The van der Waals surface area contributed by atoms with Gasteiger partial charge < -0.3 is 19.8 Å². The molecule has 8 heteroatoms. The third-order valence-electron chi connectivity index (χ3n) is 4.83. The van der Waals surface area contributed by atoms with Crippen molar-refractivity contribution in [1.82, 2.24) is 9.55 Å². The fraction of sp³-hybridized carbons (Fsp3) is 0.0870. The van der Waals surface area contributed by atoms with Gasteiger partial charge in [-0.15, -0.1) is 0 Å². The summed E-state index contributed by atoms with van der Waals surface area (Å²) >= 11 is 0.